The molecule has 0 bridgehead atoms. The number of anilines is 1. The Bertz CT molecular complexity index is 667. The van der Waals surface area contributed by atoms with E-state index in [1.807, 2.05) is 43.3 Å². The number of hydrogen-bond acceptors (Lipinski definition) is 3. The fourth-order valence-electron chi connectivity index (χ4n) is 2.29. The Labute approximate surface area is 129 Å². The lowest BCUT2D eigenvalue weighted by Gasteiger charge is -2.38. The van der Waals surface area contributed by atoms with Crippen LogP contribution in [0.25, 0.3) is 0 Å². The number of amides is 2. The van der Waals surface area contributed by atoms with Gasteiger partial charge in [0.2, 0.25) is 5.88 Å². The number of aromatic nitrogens is 1. The van der Waals surface area contributed by atoms with E-state index < -0.39 is 0 Å². The molecule has 22 heavy (non-hydrogen) atoms. The summed E-state index contributed by atoms with van der Waals surface area (Å²) in [5, 5.41) is 2.91. The largest absolute Gasteiger partial charge is 0.471 e. The number of nitrogens with zero attached hydrogens (tertiary/aromatic N) is 2. The van der Waals surface area contributed by atoms with Crippen LogP contribution in [0.1, 0.15) is 11.1 Å². The minimum absolute atomic E-state index is 0.0143. The minimum Gasteiger partial charge on any atom is -0.471 e. The van der Waals surface area contributed by atoms with Gasteiger partial charge in [-0.2, -0.15) is 0 Å². The van der Waals surface area contributed by atoms with E-state index >= 15 is 0 Å². The smallest absolute Gasteiger partial charge is 0.322 e. The van der Waals surface area contributed by atoms with Gasteiger partial charge in [0.15, 0.2) is 0 Å². The average Bonchev–Trinajstić information content (AvgIpc) is 2.47. The maximum atomic E-state index is 12.1. The second-order valence-electron chi connectivity index (χ2n) is 5.54. The number of hydrogen-bond donors (Lipinski definition) is 1. The summed E-state index contributed by atoms with van der Waals surface area (Å²) in [5.41, 5.74) is 3.20. The highest BCUT2D eigenvalue weighted by molar-refractivity contribution is 5.90. The Kier molecular flexibility index (Phi) is 3.96. The standard InChI is InChI=1S/C17H19N3O2/c1-12-6-7-14(9-13(12)2)19-17(21)20-10-15(11-20)22-16-5-3-4-8-18-16/h3-9,15H,10-11H2,1-2H3,(H,19,21). The van der Waals surface area contributed by atoms with Crippen molar-refractivity contribution < 1.29 is 9.53 Å². The number of aryl methyl sites for hydroxylation is 2. The summed E-state index contributed by atoms with van der Waals surface area (Å²) in [4.78, 5) is 18.0. The van der Waals surface area contributed by atoms with Gasteiger partial charge in [-0.05, 0) is 43.2 Å². The maximum Gasteiger partial charge on any atom is 0.322 e. The number of carbonyl (C=O) groups excluding carboxylic acids is 1. The predicted molar refractivity (Wildman–Crippen MR) is 85.2 cm³/mol. The van der Waals surface area contributed by atoms with E-state index in [9.17, 15) is 4.79 Å². The molecule has 2 heterocycles. The number of pyridine rings is 1. The van der Waals surface area contributed by atoms with Crippen LogP contribution in [-0.2, 0) is 0 Å². The molecule has 0 radical (unpaired) electrons. The van der Waals surface area contributed by atoms with Gasteiger partial charge < -0.3 is 15.0 Å². The van der Waals surface area contributed by atoms with Crippen molar-refractivity contribution in [2.75, 3.05) is 18.4 Å². The fraction of sp³-hybridized carbons (Fsp3) is 0.294. The molecular formula is C17H19N3O2. The van der Waals surface area contributed by atoms with Gasteiger partial charge in [0.05, 0.1) is 13.1 Å². The Balaban J connectivity index is 1.50. The van der Waals surface area contributed by atoms with E-state index in [1.54, 1.807) is 11.1 Å². The van der Waals surface area contributed by atoms with Crippen molar-refractivity contribution in [1.29, 1.82) is 0 Å². The highest BCUT2D eigenvalue weighted by Crippen LogP contribution is 2.18. The quantitative estimate of drug-likeness (QED) is 0.947. The van der Waals surface area contributed by atoms with Crippen LogP contribution >= 0.6 is 0 Å². The number of rotatable bonds is 3. The third-order valence-electron chi connectivity index (χ3n) is 3.82. The van der Waals surface area contributed by atoms with Crippen LogP contribution in [-0.4, -0.2) is 35.1 Å². The van der Waals surface area contributed by atoms with Crippen molar-refractivity contribution in [1.82, 2.24) is 9.88 Å². The number of urea groups is 1. The van der Waals surface area contributed by atoms with Gasteiger partial charge in [-0.15, -0.1) is 0 Å². The summed E-state index contributed by atoms with van der Waals surface area (Å²) >= 11 is 0. The number of likely N-dealkylation sites (tertiary alicyclic amines) is 1. The number of nitrogens with one attached hydrogen (secondary N) is 1. The third kappa shape index (κ3) is 3.19. The normalized spacial score (nSPS) is 14.4. The van der Waals surface area contributed by atoms with Crippen molar-refractivity contribution in [3.05, 3.63) is 53.7 Å². The molecule has 5 heteroatoms. The number of benzene rings is 1. The number of carbonyl (C=O) groups is 1. The van der Waals surface area contributed by atoms with E-state index in [0.29, 0.717) is 19.0 Å². The molecule has 1 aliphatic rings. The van der Waals surface area contributed by atoms with Gasteiger partial charge in [-0.3, -0.25) is 0 Å². The molecule has 0 aliphatic carbocycles. The van der Waals surface area contributed by atoms with Crippen molar-refractivity contribution in [3.63, 3.8) is 0 Å². The van der Waals surface area contributed by atoms with Crippen LogP contribution in [0.5, 0.6) is 5.88 Å². The van der Waals surface area contributed by atoms with E-state index in [0.717, 1.165) is 11.3 Å². The summed E-state index contributed by atoms with van der Waals surface area (Å²) in [7, 11) is 0. The van der Waals surface area contributed by atoms with Crippen LogP contribution in [0.2, 0.25) is 0 Å². The van der Waals surface area contributed by atoms with Gasteiger partial charge in [-0.25, -0.2) is 9.78 Å². The van der Waals surface area contributed by atoms with Crippen molar-refractivity contribution in [2.24, 2.45) is 0 Å². The predicted octanol–water partition coefficient (Wildman–Crippen LogP) is 2.99. The molecule has 1 N–H and O–H groups in total. The molecule has 5 nitrogen and oxygen atoms in total. The fourth-order valence-corrected chi connectivity index (χ4v) is 2.29. The molecule has 114 valence electrons. The van der Waals surface area contributed by atoms with Crippen LogP contribution in [0, 0.1) is 13.8 Å². The zero-order chi connectivity index (χ0) is 15.5. The Hall–Kier alpha value is -2.56. The molecule has 1 fully saturated rings. The van der Waals surface area contributed by atoms with Crippen molar-refractivity contribution in [2.45, 2.75) is 20.0 Å². The second-order valence-corrected chi connectivity index (χ2v) is 5.54. The summed E-state index contributed by atoms with van der Waals surface area (Å²) < 4.78 is 5.68. The first-order valence-electron chi connectivity index (χ1n) is 7.33. The SMILES string of the molecule is Cc1ccc(NC(=O)N2CC(Oc3ccccn3)C2)cc1C. The van der Waals surface area contributed by atoms with E-state index in [4.69, 9.17) is 4.74 Å². The Morgan fingerprint density at radius 1 is 1.23 bits per heavy atom. The van der Waals surface area contributed by atoms with Crippen molar-refractivity contribution in [3.8, 4) is 5.88 Å². The van der Waals surface area contributed by atoms with Gasteiger partial charge in [0, 0.05) is 18.0 Å². The van der Waals surface area contributed by atoms with Gasteiger partial charge in [0.25, 0.3) is 0 Å². The van der Waals surface area contributed by atoms with Crippen LogP contribution < -0.4 is 10.1 Å². The zero-order valence-electron chi connectivity index (χ0n) is 12.7. The average molecular weight is 297 g/mol. The van der Waals surface area contributed by atoms with Crippen LogP contribution in [0.4, 0.5) is 10.5 Å². The zero-order valence-corrected chi connectivity index (χ0v) is 12.7. The molecule has 1 aromatic heterocycles. The summed E-state index contributed by atoms with van der Waals surface area (Å²) in [6.45, 7) is 5.24. The van der Waals surface area contributed by atoms with Gasteiger partial charge >= 0.3 is 6.03 Å². The lowest BCUT2D eigenvalue weighted by atomic mass is 10.1. The molecule has 1 aliphatic heterocycles. The van der Waals surface area contributed by atoms with Crippen molar-refractivity contribution >= 4 is 11.7 Å². The molecule has 1 aromatic carbocycles. The topological polar surface area (TPSA) is 54.5 Å². The Morgan fingerprint density at radius 2 is 2.05 bits per heavy atom. The molecule has 1 saturated heterocycles. The highest BCUT2D eigenvalue weighted by atomic mass is 16.5. The molecule has 0 spiro atoms. The molecular weight excluding hydrogens is 278 g/mol. The summed E-state index contributed by atoms with van der Waals surface area (Å²) in [6, 6.07) is 11.4. The van der Waals surface area contributed by atoms with Gasteiger partial charge in [-0.1, -0.05) is 12.1 Å². The molecule has 2 aromatic rings. The summed E-state index contributed by atoms with van der Waals surface area (Å²) in [5.74, 6) is 0.599. The summed E-state index contributed by atoms with van der Waals surface area (Å²) in [6.07, 6.45) is 1.71. The lowest BCUT2D eigenvalue weighted by molar-refractivity contribution is 0.0461. The van der Waals surface area contributed by atoms with Crippen LogP contribution in [0.15, 0.2) is 42.6 Å². The molecule has 0 unspecified atom stereocenters. The monoisotopic (exact) mass is 297 g/mol. The second kappa shape index (κ2) is 6.05. The van der Waals surface area contributed by atoms with E-state index in [1.165, 1.54) is 5.56 Å². The maximum absolute atomic E-state index is 12.1. The number of ether oxygens (including phenoxy) is 1. The third-order valence-corrected chi connectivity index (χ3v) is 3.82. The molecule has 0 atom stereocenters. The lowest BCUT2D eigenvalue weighted by Crippen LogP contribution is -2.57. The first-order valence-corrected chi connectivity index (χ1v) is 7.33. The molecule has 3 rings (SSSR count). The van der Waals surface area contributed by atoms with E-state index in [2.05, 4.69) is 17.2 Å². The minimum atomic E-state index is -0.0934. The highest BCUT2D eigenvalue weighted by Gasteiger charge is 2.32. The molecule has 2 amide bonds. The van der Waals surface area contributed by atoms with E-state index in [-0.39, 0.29) is 12.1 Å². The van der Waals surface area contributed by atoms with Crippen LogP contribution in [0.3, 0.4) is 0 Å². The first kappa shape index (κ1) is 14.4. The Morgan fingerprint density at radius 3 is 2.73 bits per heavy atom. The first-order chi connectivity index (χ1) is 10.6. The molecule has 0 saturated carbocycles. The van der Waals surface area contributed by atoms with Gasteiger partial charge in [0.1, 0.15) is 6.10 Å².